The normalized spacial score (nSPS) is 10.7. The fourth-order valence-corrected chi connectivity index (χ4v) is 2.06. The Morgan fingerprint density at radius 3 is 2.80 bits per heavy atom. The standard InChI is InChI=1S/C14H8F2N4/c1-7-2-10(8(5-17)3-12(7)16)13-11-4-9(15)6-18-14(11)20-19-13/h2-4,6H,1H3,(H,18,19,20). The van der Waals surface area contributed by atoms with E-state index in [9.17, 15) is 8.78 Å². The first-order chi connectivity index (χ1) is 9.60. The topological polar surface area (TPSA) is 65.4 Å². The number of aryl methyl sites for hydroxylation is 1. The van der Waals surface area contributed by atoms with Gasteiger partial charge in [-0.25, -0.2) is 13.8 Å². The van der Waals surface area contributed by atoms with E-state index < -0.39 is 11.6 Å². The Morgan fingerprint density at radius 2 is 2.05 bits per heavy atom. The van der Waals surface area contributed by atoms with Crippen molar-refractivity contribution < 1.29 is 8.78 Å². The van der Waals surface area contributed by atoms with Crippen molar-refractivity contribution in [1.82, 2.24) is 15.2 Å². The molecule has 20 heavy (non-hydrogen) atoms. The lowest BCUT2D eigenvalue weighted by atomic mass is 10.0. The molecule has 0 unspecified atom stereocenters. The number of aromatic amines is 1. The molecule has 6 heteroatoms. The van der Waals surface area contributed by atoms with Crippen molar-refractivity contribution in [2.24, 2.45) is 0 Å². The smallest absolute Gasteiger partial charge is 0.181 e. The molecule has 0 fully saturated rings. The predicted molar refractivity (Wildman–Crippen MR) is 68.7 cm³/mol. The van der Waals surface area contributed by atoms with Crippen LogP contribution in [-0.2, 0) is 0 Å². The van der Waals surface area contributed by atoms with Crippen molar-refractivity contribution in [2.45, 2.75) is 6.92 Å². The highest BCUT2D eigenvalue weighted by atomic mass is 19.1. The molecule has 2 aromatic heterocycles. The molecule has 0 saturated heterocycles. The number of hydrogen-bond acceptors (Lipinski definition) is 3. The molecule has 3 aromatic rings. The lowest BCUT2D eigenvalue weighted by Crippen LogP contribution is -1.91. The average Bonchev–Trinajstić information content (AvgIpc) is 2.84. The fourth-order valence-electron chi connectivity index (χ4n) is 2.06. The third-order valence-corrected chi connectivity index (χ3v) is 3.06. The molecule has 3 rings (SSSR count). The SMILES string of the molecule is Cc1cc(-c2[nH]nc3ncc(F)cc23)c(C#N)cc1F. The second-order valence-electron chi connectivity index (χ2n) is 4.38. The van der Waals surface area contributed by atoms with Crippen LogP contribution in [-0.4, -0.2) is 15.2 Å². The maximum atomic E-state index is 13.5. The Balaban J connectivity index is 2.34. The van der Waals surface area contributed by atoms with Gasteiger partial charge < -0.3 is 0 Å². The van der Waals surface area contributed by atoms with Crippen LogP contribution in [0.5, 0.6) is 0 Å². The molecule has 1 N–H and O–H groups in total. The van der Waals surface area contributed by atoms with E-state index in [1.165, 1.54) is 12.1 Å². The first kappa shape index (κ1) is 12.2. The molecule has 1 aromatic carbocycles. The summed E-state index contributed by atoms with van der Waals surface area (Å²) in [5, 5.41) is 16.3. The van der Waals surface area contributed by atoms with Gasteiger partial charge in [-0.1, -0.05) is 0 Å². The van der Waals surface area contributed by atoms with Crippen LogP contribution in [0.2, 0.25) is 0 Å². The molecule has 0 aliphatic heterocycles. The number of pyridine rings is 1. The van der Waals surface area contributed by atoms with Crippen molar-refractivity contribution >= 4 is 11.0 Å². The Labute approximate surface area is 112 Å². The minimum absolute atomic E-state index is 0.155. The number of nitrogens with one attached hydrogen (secondary N) is 1. The number of nitrogens with zero attached hydrogens (tertiary/aromatic N) is 3. The maximum absolute atomic E-state index is 13.5. The van der Waals surface area contributed by atoms with Gasteiger partial charge in [-0.2, -0.15) is 10.4 Å². The lowest BCUT2D eigenvalue weighted by Gasteiger charge is -2.05. The molecular formula is C14H8F2N4. The van der Waals surface area contributed by atoms with Crippen LogP contribution < -0.4 is 0 Å². The van der Waals surface area contributed by atoms with Gasteiger partial charge in [0, 0.05) is 10.9 Å². The van der Waals surface area contributed by atoms with Crippen molar-refractivity contribution in [3.63, 3.8) is 0 Å². The molecule has 0 amide bonds. The minimum atomic E-state index is -0.502. The van der Waals surface area contributed by atoms with Crippen molar-refractivity contribution in [1.29, 1.82) is 5.26 Å². The van der Waals surface area contributed by atoms with Gasteiger partial charge >= 0.3 is 0 Å². The van der Waals surface area contributed by atoms with Gasteiger partial charge in [0.25, 0.3) is 0 Å². The van der Waals surface area contributed by atoms with Gasteiger partial charge in [0.05, 0.1) is 23.5 Å². The van der Waals surface area contributed by atoms with Crippen LogP contribution in [0, 0.1) is 29.9 Å². The van der Waals surface area contributed by atoms with Gasteiger partial charge in [-0.05, 0) is 30.7 Å². The summed E-state index contributed by atoms with van der Waals surface area (Å²) in [5.41, 5.74) is 1.81. The number of aromatic nitrogens is 3. The molecule has 0 saturated carbocycles. The molecule has 0 bridgehead atoms. The van der Waals surface area contributed by atoms with Gasteiger partial charge in [0.15, 0.2) is 5.65 Å². The molecule has 0 atom stereocenters. The number of H-pyrrole nitrogens is 1. The van der Waals surface area contributed by atoms with E-state index in [1.807, 2.05) is 6.07 Å². The number of halogens is 2. The van der Waals surface area contributed by atoms with E-state index in [4.69, 9.17) is 5.26 Å². The number of fused-ring (bicyclic) bond motifs is 1. The summed E-state index contributed by atoms with van der Waals surface area (Å²) in [6, 6.07) is 5.90. The average molecular weight is 270 g/mol. The van der Waals surface area contributed by atoms with Crippen LogP contribution in [0.3, 0.4) is 0 Å². The fraction of sp³-hybridized carbons (Fsp3) is 0.0714. The zero-order chi connectivity index (χ0) is 14.3. The molecule has 2 heterocycles. The molecule has 0 radical (unpaired) electrons. The van der Waals surface area contributed by atoms with Gasteiger partial charge in [0.2, 0.25) is 0 Å². The second kappa shape index (κ2) is 4.38. The van der Waals surface area contributed by atoms with E-state index in [2.05, 4.69) is 15.2 Å². The number of benzene rings is 1. The zero-order valence-electron chi connectivity index (χ0n) is 10.4. The summed E-state index contributed by atoms with van der Waals surface area (Å²) in [6.45, 7) is 1.59. The zero-order valence-corrected chi connectivity index (χ0v) is 10.4. The molecule has 0 aliphatic rings. The lowest BCUT2D eigenvalue weighted by molar-refractivity contribution is 0.618. The van der Waals surface area contributed by atoms with Gasteiger partial charge in [0.1, 0.15) is 11.6 Å². The minimum Gasteiger partial charge on any atom is -0.275 e. The highest BCUT2D eigenvalue weighted by Gasteiger charge is 2.15. The first-order valence-electron chi connectivity index (χ1n) is 5.80. The number of hydrogen-bond donors (Lipinski definition) is 1. The van der Waals surface area contributed by atoms with E-state index >= 15 is 0 Å². The van der Waals surface area contributed by atoms with Gasteiger partial charge in [-0.15, -0.1) is 0 Å². The molecule has 0 aliphatic carbocycles. The molecular weight excluding hydrogens is 262 g/mol. The van der Waals surface area contributed by atoms with Crippen LogP contribution >= 0.6 is 0 Å². The van der Waals surface area contributed by atoms with Crippen molar-refractivity contribution in [2.75, 3.05) is 0 Å². The largest absolute Gasteiger partial charge is 0.275 e. The van der Waals surface area contributed by atoms with Crippen LogP contribution in [0.1, 0.15) is 11.1 Å². The Bertz CT molecular complexity index is 861. The summed E-state index contributed by atoms with van der Waals surface area (Å²) in [5.74, 6) is -0.962. The van der Waals surface area contributed by atoms with E-state index in [0.29, 0.717) is 27.9 Å². The summed E-state index contributed by atoms with van der Waals surface area (Å²) in [7, 11) is 0. The van der Waals surface area contributed by atoms with E-state index in [0.717, 1.165) is 12.3 Å². The highest BCUT2D eigenvalue weighted by molar-refractivity contribution is 5.92. The van der Waals surface area contributed by atoms with Crippen molar-refractivity contribution in [3.8, 4) is 17.3 Å². The van der Waals surface area contributed by atoms with Crippen LogP contribution in [0.4, 0.5) is 8.78 Å². The van der Waals surface area contributed by atoms with Crippen molar-refractivity contribution in [3.05, 3.63) is 47.2 Å². The Morgan fingerprint density at radius 1 is 1.25 bits per heavy atom. The Kier molecular flexibility index (Phi) is 2.68. The summed E-state index contributed by atoms with van der Waals surface area (Å²) in [4.78, 5) is 3.85. The first-order valence-corrected chi connectivity index (χ1v) is 5.80. The number of nitriles is 1. The maximum Gasteiger partial charge on any atom is 0.181 e. The van der Waals surface area contributed by atoms with Gasteiger partial charge in [-0.3, -0.25) is 5.10 Å². The van der Waals surface area contributed by atoms with Crippen LogP contribution in [0.15, 0.2) is 24.4 Å². The van der Waals surface area contributed by atoms with Crippen LogP contribution in [0.25, 0.3) is 22.3 Å². The molecule has 98 valence electrons. The third-order valence-electron chi connectivity index (χ3n) is 3.06. The quantitative estimate of drug-likeness (QED) is 0.739. The highest BCUT2D eigenvalue weighted by Crippen LogP contribution is 2.30. The Hall–Kier alpha value is -2.81. The third kappa shape index (κ3) is 1.80. The molecule has 0 spiro atoms. The number of rotatable bonds is 1. The van der Waals surface area contributed by atoms with E-state index in [1.54, 1.807) is 6.92 Å². The monoisotopic (exact) mass is 270 g/mol. The molecule has 4 nitrogen and oxygen atoms in total. The summed E-state index contributed by atoms with van der Waals surface area (Å²) in [6.07, 6.45) is 1.06. The summed E-state index contributed by atoms with van der Waals surface area (Å²) >= 11 is 0. The predicted octanol–water partition coefficient (Wildman–Crippen LogP) is 3.08. The second-order valence-corrected chi connectivity index (χ2v) is 4.38. The summed E-state index contributed by atoms with van der Waals surface area (Å²) < 4.78 is 26.8. The van der Waals surface area contributed by atoms with E-state index in [-0.39, 0.29) is 5.56 Å².